The van der Waals surface area contributed by atoms with Crippen molar-refractivity contribution in [2.24, 2.45) is 0 Å². The number of nitriles is 1. The number of ether oxygens (including phenoxy) is 1. The van der Waals surface area contributed by atoms with Crippen LogP contribution >= 0.6 is 0 Å². The van der Waals surface area contributed by atoms with E-state index in [4.69, 9.17) is 15.7 Å². The second-order valence-electron chi connectivity index (χ2n) is 3.27. The van der Waals surface area contributed by atoms with Crippen molar-refractivity contribution in [3.8, 4) is 11.8 Å². The van der Waals surface area contributed by atoms with E-state index in [1.807, 2.05) is 12.1 Å². The highest BCUT2D eigenvalue weighted by molar-refractivity contribution is 5.64. The van der Waals surface area contributed by atoms with Gasteiger partial charge in [0.05, 0.1) is 24.2 Å². The van der Waals surface area contributed by atoms with Gasteiger partial charge in [0.25, 0.3) is 0 Å². The quantitative estimate of drug-likeness (QED) is 0.654. The van der Waals surface area contributed by atoms with Gasteiger partial charge in [0.1, 0.15) is 12.4 Å². The first kappa shape index (κ1) is 8.70. The molecule has 1 aromatic carbocycles. The minimum atomic E-state index is 0.0642. The summed E-state index contributed by atoms with van der Waals surface area (Å²) >= 11 is 0. The molecule has 3 N–H and O–H groups in total. The minimum Gasteiger partial charge on any atom is -0.489 e. The first-order chi connectivity index (χ1) is 6.79. The molecule has 0 aromatic heterocycles. The Kier molecular flexibility index (Phi) is 2.15. The van der Waals surface area contributed by atoms with Crippen molar-refractivity contribution in [1.82, 2.24) is 0 Å². The predicted molar refractivity (Wildman–Crippen MR) is 54.0 cm³/mol. The van der Waals surface area contributed by atoms with E-state index in [9.17, 15) is 0 Å². The van der Waals surface area contributed by atoms with E-state index < -0.39 is 0 Å². The highest BCUT2D eigenvalue weighted by Crippen LogP contribution is 2.30. The molecule has 0 saturated heterocycles. The summed E-state index contributed by atoms with van der Waals surface area (Å²) in [4.78, 5) is 0. The van der Waals surface area contributed by atoms with Crippen LogP contribution in [0.25, 0.3) is 0 Å². The first-order valence-corrected chi connectivity index (χ1v) is 4.45. The zero-order chi connectivity index (χ0) is 9.97. The summed E-state index contributed by atoms with van der Waals surface area (Å²) in [5.74, 6) is 0.799. The van der Waals surface area contributed by atoms with Crippen LogP contribution in [-0.4, -0.2) is 12.6 Å². The zero-order valence-electron chi connectivity index (χ0n) is 7.66. The summed E-state index contributed by atoms with van der Waals surface area (Å²) in [5.41, 5.74) is 7.20. The normalized spacial score (nSPS) is 18.6. The molecule has 2 rings (SSSR count). The second kappa shape index (κ2) is 3.46. The van der Waals surface area contributed by atoms with E-state index in [0.717, 1.165) is 11.4 Å². The van der Waals surface area contributed by atoms with Gasteiger partial charge in [0.2, 0.25) is 0 Å². The summed E-state index contributed by atoms with van der Waals surface area (Å²) in [6.45, 7) is 0.532. The average molecular weight is 189 g/mol. The standard InChI is InChI=1S/C10H11N3O/c11-4-3-8-6-14-10-2-1-7(12)5-9(10)13-8/h1-2,5,8,13H,3,6,12H2. The van der Waals surface area contributed by atoms with Gasteiger partial charge < -0.3 is 15.8 Å². The van der Waals surface area contributed by atoms with E-state index >= 15 is 0 Å². The minimum absolute atomic E-state index is 0.0642. The number of hydrogen-bond acceptors (Lipinski definition) is 4. The highest BCUT2D eigenvalue weighted by atomic mass is 16.5. The van der Waals surface area contributed by atoms with E-state index in [1.54, 1.807) is 6.07 Å². The van der Waals surface area contributed by atoms with E-state index in [2.05, 4.69) is 11.4 Å². The van der Waals surface area contributed by atoms with Gasteiger partial charge in [-0.1, -0.05) is 0 Å². The topological polar surface area (TPSA) is 71.1 Å². The van der Waals surface area contributed by atoms with Crippen LogP contribution in [0.2, 0.25) is 0 Å². The Hall–Kier alpha value is -1.89. The number of nitrogens with one attached hydrogen (secondary N) is 1. The fourth-order valence-corrected chi connectivity index (χ4v) is 1.46. The molecule has 0 fully saturated rings. The number of benzene rings is 1. The molecule has 1 aliphatic rings. The van der Waals surface area contributed by atoms with Crippen LogP contribution in [0.4, 0.5) is 11.4 Å². The lowest BCUT2D eigenvalue weighted by molar-refractivity contribution is 0.286. The SMILES string of the molecule is N#CCC1COc2ccc(N)cc2N1. The van der Waals surface area contributed by atoms with Crippen molar-refractivity contribution in [1.29, 1.82) is 5.26 Å². The molecule has 0 amide bonds. The molecule has 0 spiro atoms. The number of nitrogen functional groups attached to an aromatic ring is 1. The second-order valence-corrected chi connectivity index (χ2v) is 3.27. The van der Waals surface area contributed by atoms with Crippen LogP contribution in [0.1, 0.15) is 6.42 Å². The van der Waals surface area contributed by atoms with Gasteiger partial charge in [-0.2, -0.15) is 5.26 Å². The van der Waals surface area contributed by atoms with Crippen LogP contribution in [-0.2, 0) is 0 Å². The van der Waals surface area contributed by atoms with Crippen LogP contribution in [0, 0.1) is 11.3 Å². The van der Waals surface area contributed by atoms with Crippen molar-refractivity contribution in [3.63, 3.8) is 0 Å². The Morgan fingerprint density at radius 2 is 2.50 bits per heavy atom. The molecular formula is C10H11N3O. The van der Waals surface area contributed by atoms with Crippen LogP contribution in [0.5, 0.6) is 5.75 Å². The van der Waals surface area contributed by atoms with E-state index in [0.29, 0.717) is 18.7 Å². The lowest BCUT2D eigenvalue weighted by Gasteiger charge is -2.25. The predicted octanol–water partition coefficient (Wildman–Crippen LogP) is 1.36. The highest BCUT2D eigenvalue weighted by Gasteiger charge is 2.18. The van der Waals surface area contributed by atoms with Crippen molar-refractivity contribution in [2.45, 2.75) is 12.5 Å². The van der Waals surface area contributed by atoms with Gasteiger partial charge in [-0.3, -0.25) is 0 Å². The smallest absolute Gasteiger partial charge is 0.142 e. The fraction of sp³-hybridized carbons (Fsp3) is 0.300. The Morgan fingerprint density at radius 3 is 3.29 bits per heavy atom. The molecular weight excluding hydrogens is 178 g/mol. The maximum Gasteiger partial charge on any atom is 0.142 e. The van der Waals surface area contributed by atoms with Gasteiger partial charge in [-0.15, -0.1) is 0 Å². The van der Waals surface area contributed by atoms with E-state index in [1.165, 1.54) is 0 Å². The average Bonchev–Trinajstić information content (AvgIpc) is 2.17. The van der Waals surface area contributed by atoms with Crippen LogP contribution in [0.3, 0.4) is 0 Å². The summed E-state index contributed by atoms with van der Waals surface area (Å²) in [6.07, 6.45) is 0.439. The molecule has 0 bridgehead atoms. The lowest BCUT2D eigenvalue weighted by Crippen LogP contribution is -2.30. The number of nitrogens with zero attached hydrogens (tertiary/aromatic N) is 1. The third-order valence-corrected chi connectivity index (χ3v) is 2.14. The van der Waals surface area contributed by atoms with Gasteiger partial charge in [-0.25, -0.2) is 0 Å². The molecule has 0 aliphatic carbocycles. The van der Waals surface area contributed by atoms with Crippen molar-refractivity contribution >= 4 is 11.4 Å². The molecule has 1 aromatic rings. The van der Waals surface area contributed by atoms with Crippen LogP contribution < -0.4 is 15.8 Å². The maximum absolute atomic E-state index is 8.55. The Labute approximate surface area is 82.3 Å². The summed E-state index contributed by atoms with van der Waals surface area (Å²) in [6, 6.07) is 7.62. The number of nitrogens with two attached hydrogens (primary N) is 1. The summed E-state index contributed by atoms with van der Waals surface area (Å²) < 4.78 is 5.47. The van der Waals surface area contributed by atoms with Gasteiger partial charge in [0.15, 0.2) is 0 Å². The zero-order valence-corrected chi connectivity index (χ0v) is 7.66. The number of fused-ring (bicyclic) bond motifs is 1. The van der Waals surface area contributed by atoms with Gasteiger partial charge in [0, 0.05) is 5.69 Å². The molecule has 14 heavy (non-hydrogen) atoms. The molecule has 1 atom stereocenters. The monoisotopic (exact) mass is 189 g/mol. The van der Waals surface area contributed by atoms with Crippen molar-refractivity contribution < 1.29 is 4.74 Å². The molecule has 72 valence electrons. The Bertz CT molecular complexity index is 383. The molecule has 4 nitrogen and oxygen atoms in total. The fourth-order valence-electron chi connectivity index (χ4n) is 1.46. The Balaban J connectivity index is 2.21. The van der Waals surface area contributed by atoms with Crippen LogP contribution in [0.15, 0.2) is 18.2 Å². The molecule has 0 radical (unpaired) electrons. The van der Waals surface area contributed by atoms with Gasteiger partial charge >= 0.3 is 0 Å². The molecule has 0 saturated carbocycles. The van der Waals surface area contributed by atoms with E-state index in [-0.39, 0.29) is 6.04 Å². The lowest BCUT2D eigenvalue weighted by atomic mass is 10.1. The molecule has 1 unspecified atom stereocenters. The third kappa shape index (κ3) is 1.57. The number of anilines is 2. The van der Waals surface area contributed by atoms with Crippen molar-refractivity contribution in [2.75, 3.05) is 17.7 Å². The maximum atomic E-state index is 8.55. The molecule has 1 heterocycles. The molecule has 1 aliphatic heterocycles. The largest absolute Gasteiger partial charge is 0.489 e. The number of rotatable bonds is 1. The summed E-state index contributed by atoms with van der Waals surface area (Å²) in [5, 5.41) is 11.8. The first-order valence-electron chi connectivity index (χ1n) is 4.45. The third-order valence-electron chi connectivity index (χ3n) is 2.14. The van der Waals surface area contributed by atoms with Gasteiger partial charge in [-0.05, 0) is 18.2 Å². The van der Waals surface area contributed by atoms with Crippen molar-refractivity contribution in [3.05, 3.63) is 18.2 Å². The Morgan fingerprint density at radius 1 is 1.64 bits per heavy atom. The molecule has 4 heteroatoms. The number of hydrogen-bond donors (Lipinski definition) is 2. The summed E-state index contributed by atoms with van der Waals surface area (Å²) in [7, 11) is 0.